The van der Waals surface area contributed by atoms with Gasteiger partial charge in [0.2, 0.25) is 5.91 Å². The van der Waals surface area contributed by atoms with E-state index in [1.807, 2.05) is 44.2 Å². The number of carboxylic acids is 1. The highest BCUT2D eigenvalue weighted by atomic mass is 32.2. The van der Waals surface area contributed by atoms with Crippen LogP contribution in [0.25, 0.3) is 0 Å². The smallest absolute Gasteiger partial charge is 0.256 e. The van der Waals surface area contributed by atoms with Crippen molar-refractivity contribution < 1.29 is 19.5 Å². The first-order chi connectivity index (χ1) is 13.8. The lowest BCUT2D eigenvalue weighted by atomic mass is 9.99. The van der Waals surface area contributed by atoms with Crippen LogP contribution in [0.3, 0.4) is 0 Å². The summed E-state index contributed by atoms with van der Waals surface area (Å²) in [6.07, 6.45) is 0.118. The number of fused-ring (bicyclic) bond motifs is 3. The van der Waals surface area contributed by atoms with Crippen molar-refractivity contribution in [3.63, 3.8) is 0 Å². The molecule has 2 aliphatic rings. The maximum atomic E-state index is 13.2. The molecule has 2 heterocycles. The van der Waals surface area contributed by atoms with Crippen LogP contribution in [0.1, 0.15) is 40.7 Å². The number of carbonyl (C=O) groups excluding carboxylic acids is 3. The standard InChI is InChI=1S/C22H22N2O4S/c1-22(2)17(24-19(26)14-10-6-7-11-15(14)20(24)29-22)18(25)23-16(21(27)28)12-13-8-4-3-5-9-13/h3-11,16-17,20H,12H2,1-2H3,(H,23,25)(H,27,28)/p-1/t16-,17-,20-/m1/s1. The Morgan fingerprint density at radius 2 is 1.79 bits per heavy atom. The van der Waals surface area contributed by atoms with Gasteiger partial charge in [0.1, 0.15) is 11.4 Å². The summed E-state index contributed by atoms with van der Waals surface area (Å²) in [5, 5.41) is 14.0. The zero-order chi connectivity index (χ0) is 20.8. The maximum absolute atomic E-state index is 13.2. The van der Waals surface area contributed by atoms with Gasteiger partial charge in [0, 0.05) is 10.3 Å². The van der Waals surface area contributed by atoms with Gasteiger partial charge in [-0.15, -0.1) is 11.8 Å². The van der Waals surface area contributed by atoms with Crippen molar-refractivity contribution in [2.45, 2.75) is 42.5 Å². The number of nitrogens with one attached hydrogen (secondary N) is 1. The highest BCUT2D eigenvalue weighted by Gasteiger charge is 2.57. The van der Waals surface area contributed by atoms with Crippen LogP contribution < -0.4 is 10.4 Å². The molecule has 1 fully saturated rings. The van der Waals surface area contributed by atoms with Crippen molar-refractivity contribution in [2.24, 2.45) is 0 Å². The minimum absolute atomic E-state index is 0.118. The molecule has 0 unspecified atom stereocenters. The third-order valence-corrected chi connectivity index (χ3v) is 6.96. The second kappa shape index (κ2) is 7.22. The Morgan fingerprint density at radius 1 is 1.14 bits per heavy atom. The lowest BCUT2D eigenvalue weighted by Crippen LogP contribution is -2.58. The molecule has 2 aromatic carbocycles. The Kier molecular flexibility index (Phi) is 4.86. The normalized spacial score (nSPS) is 22.7. The highest BCUT2D eigenvalue weighted by Crippen LogP contribution is 2.56. The molecular formula is C22H21N2O4S-. The summed E-state index contributed by atoms with van der Waals surface area (Å²) in [5.41, 5.74) is 2.27. The third-order valence-electron chi connectivity index (χ3n) is 5.43. The van der Waals surface area contributed by atoms with E-state index >= 15 is 0 Å². The first kappa shape index (κ1) is 19.5. The molecule has 7 heteroatoms. The van der Waals surface area contributed by atoms with Gasteiger partial charge in [-0.05, 0) is 37.5 Å². The quantitative estimate of drug-likeness (QED) is 0.809. The van der Waals surface area contributed by atoms with Crippen LogP contribution in [0, 0.1) is 0 Å². The molecule has 2 amide bonds. The van der Waals surface area contributed by atoms with Crippen LogP contribution in [0.15, 0.2) is 54.6 Å². The molecule has 0 aromatic heterocycles. The Balaban J connectivity index is 1.59. The van der Waals surface area contributed by atoms with Gasteiger partial charge >= 0.3 is 0 Å². The zero-order valence-corrected chi connectivity index (χ0v) is 16.9. The number of thioether (sulfide) groups is 1. The largest absolute Gasteiger partial charge is 0.548 e. The van der Waals surface area contributed by atoms with Crippen molar-refractivity contribution in [3.05, 3.63) is 71.3 Å². The van der Waals surface area contributed by atoms with Crippen LogP contribution in [0.5, 0.6) is 0 Å². The Morgan fingerprint density at radius 3 is 2.48 bits per heavy atom. The van der Waals surface area contributed by atoms with Crippen molar-refractivity contribution in [1.82, 2.24) is 10.2 Å². The third kappa shape index (κ3) is 3.40. The number of carboxylic acid groups (broad SMARTS) is 1. The molecule has 3 atom stereocenters. The first-order valence-electron chi connectivity index (χ1n) is 9.44. The van der Waals surface area contributed by atoms with Crippen LogP contribution in [0.2, 0.25) is 0 Å². The lowest BCUT2D eigenvalue weighted by molar-refractivity contribution is -0.308. The van der Waals surface area contributed by atoms with Crippen LogP contribution in [-0.4, -0.2) is 39.5 Å². The number of aliphatic carboxylic acids is 1. The van der Waals surface area contributed by atoms with Gasteiger partial charge in [0.25, 0.3) is 5.91 Å². The molecule has 0 spiro atoms. The predicted molar refractivity (Wildman–Crippen MR) is 108 cm³/mol. The molecular weight excluding hydrogens is 388 g/mol. The second-order valence-electron chi connectivity index (χ2n) is 7.85. The average Bonchev–Trinajstić information content (AvgIpc) is 3.12. The molecule has 0 bridgehead atoms. The van der Waals surface area contributed by atoms with E-state index in [0.29, 0.717) is 5.56 Å². The number of rotatable bonds is 5. The van der Waals surface area contributed by atoms with Gasteiger partial charge in [0.05, 0.1) is 12.0 Å². The van der Waals surface area contributed by atoms with E-state index in [2.05, 4.69) is 5.32 Å². The van der Waals surface area contributed by atoms with Crippen LogP contribution >= 0.6 is 11.8 Å². The predicted octanol–water partition coefficient (Wildman–Crippen LogP) is 1.51. The summed E-state index contributed by atoms with van der Waals surface area (Å²) in [7, 11) is 0. The molecule has 2 aromatic rings. The minimum Gasteiger partial charge on any atom is -0.548 e. The van der Waals surface area contributed by atoms with E-state index in [-0.39, 0.29) is 17.7 Å². The highest BCUT2D eigenvalue weighted by molar-refractivity contribution is 8.01. The van der Waals surface area contributed by atoms with Crippen molar-refractivity contribution in [2.75, 3.05) is 0 Å². The summed E-state index contributed by atoms with van der Waals surface area (Å²) < 4.78 is -0.568. The molecule has 4 rings (SSSR count). The first-order valence-corrected chi connectivity index (χ1v) is 10.3. The fourth-order valence-electron chi connectivity index (χ4n) is 4.10. The molecule has 2 aliphatic heterocycles. The zero-order valence-electron chi connectivity index (χ0n) is 16.1. The van der Waals surface area contributed by atoms with Gasteiger partial charge in [0.15, 0.2) is 0 Å². The van der Waals surface area contributed by atoms with E-state index in [0.717, 1.165) is 11.1 Å². The Hall–Kier alpha value is -2.80. The molecule has 6 nitrogen and oxygen atoms in total. The Labute approximate surface area is 173 Å². The molecule has 0 radical (unpaired) electrons. The van der Waals surface area contributed by atoms with Gasteiger partial charge in [-0.2, -0.15) is 0 Å². The second-order valence-corrected chi connectivity index (χ2v) is 9.58. The fraction of sp³-hybridized carbons (Fsp3) is 0.318. The number of carbonyl (C=O) groups is 3. The van der Waals surface area contributed by atoms with E-state index in [1.165, 1.54) is 0 Å². The molecule has 0 aliphatic carbocycles. The lowest BCUT2D eigenvalue weighted by Gasteiger charge is -2.31. The van der Waals surface area contributed by atoms with Crippen molar-refractivity contribution in [1.29, 1.82) is 0 Å². The molecule has 1 saturated heterocycles. The van der Waals surface area contributed by atoms with Gasteiger partial charge in [-0.3, -0.25) is 9.59 Å². The number of hydrogen-bond acceptors (Lipinski definition) is 5. The average molecular weight is 409 g/mol. The van der Waals surface area contributed by atoms with Crippen LogP contribution in [-0.2, 0) is 16.0 Å². The topological polar surface area (TPSA) is 89.5 Å². The van der Waals surface area contributed by atoms with Gasteiger partial charge < -0.3 is 20.1 Å². The summed E-state index contributed by atoms with van der Waals surface area (Å²) >= 11 is 1.54. The number of benzene rings is 2. The van der Waals surface area contributed by atoms with Crippen molar-refractivity contribution >= 4 is 29.5 Å². The summed E-state index contributed by atoms with van der Waals surface area (Å²) in [6.45, 7) is 3.81. The molecule has 29 heavy (non-hydrogen) atoms. The van der Waals surface area contributed by atoms with Gasteiger partial charge in [-0.25, -0.2) is 0 Å². The van der Waals surface area contributed by atoms with Gasteiger partial charge in [-0.1, -0.05) is 48.5 Å². The molecule has 0 saturated carbocycles. The molecule has 150 valence electrons. The number of hydrogen-bond donors (Lipinski definition) is 1. The Bertz CT molecular complexity index is 976. The summed E-state index contributed by atoms with van der Waals surface area (Å²) in [6, 6.07) is 14.4. The van der Waals surface area contributed by atoms with Crippen molar-refractivity contribution in [3.8, 4) is 0 Å². The summed E-state index contributed by atoms with van der Waals surface area (Å²) in [5.74, 6) is -2.02. The SMILES string of the molecule is CC1(C)S[C@@H]2c3ccccc3C(=O)N2[C@@H]1C(=O)N[C@H](Cc1ccccc1)C(=O)[O-]. The molecule has 1 N–H and O–H groups in total. The van der Waals surface area contributed by atoms with E-state index < -0.39 is 28.7 Å². The van der Waals surface area contributed by atoms with E-state index in [1.54, 1.807) is 40.9 Å². The minimum atomic E-state index is -1.35. The number of nitrogens with zero attached hydrogens (tertiary/aromatic N) is 1. The van der Waals surface area contributed by atoms with Crippen LogP contribution in [0.4, 0.5) is 0 Å². The maximum Gasteiger partial charge on any atom is 0.256 e. The van der Waals surface area contributed by atoms with E-state index in [9.17, 15) is 19.5 Å². The number of amides is 2. The summed E-state index contributed by atoms with van der Waals surface area (Å²) in [4.78, 5) is 39.4. The monoisotopic (exact) mass is 409 g/mol. The van der Waals surface area contributed by atoms with E-state index in [4.69, 9.17) is 0 Å². The fourth-order valence-corrected chi connectivity index (χ4v) is 5.69.